The second-order valence-corrected chi connectivity index (χ2v) is 9.72. The van der Waals surface area contributed by atoms with E-state index in [4.69, 9.17) is 0 Å². The Kier molecular flexibility index (Phi) is 3.97. The summed E-state index contributed by atoms with van der Waals surface area (Å²) >= 11 is 0. The maximum absolute atomic E-state index is 10.4. The number of phenols is 1. The molecule has 0 spiro atoms. The molecule has 2 saturated carbocycles. The summed E-state index contributed by atoms with van der Waals surface area (Å²) in [7, 11) is 0. The summed E-state index contributed by atoms with van der Waals surface area (Å²) in [6.07, 6.45) is 9.16. The number of benzene rings is 1. The Balaban J connectivity index is 1.69. The van der Waals surface area contributed by atoms with Crippen molar-refractivity contribution in [3.05, 3.63) is 28.8 Å². The molecule has 1 nitrogen and oxygen atoms in total. The molecule has 1 aromatic rings. The topological polar surface area (TPSA) is 20.2 Å². The number of fused-ring (bicyclic) bond motifs is 5. The van der Waals surface area contributed by atoms with E-state index in [0.717, 1.165) is 30.1 Å². The van der Waals surface area contributed by atoms with Crippen LogP contribution in [0.1, 0.15) is 82.4 Å². The van der Waals surface area contributed by atoms with Gasteiger partial charge in [-0.1, -0.05) is 33.8 Å². The lowest BCUT2D eigenvalue weighted by atomic mass is 9.54. The molecule has 2 fully saturated rings. The molecule has 0 bridgehead atoms. The van der Waals surface area contributed by atoms with Gasteiger partial charge in [0.15, 0.2) is 0 Å². The first-order valence-corrected chi connectivity index (χ1v) is 10.2. The van der Waals surface area contributed by atoms with E-state index in [1.807, 2.05) is 0 Å². The van der Waals surface area contributed by atoms with Crippen LogP contribution in [0.15, 0.2) is 12.1 Å². The van der Waals surface area contributed by atoms with E-state index in [-0.39, 0.29) is 0 Å². The van der Waals surface area contributed by atoms with Gasteiger partial charge in [0.2, 0.25) is 0 Å². The normalized spacial score (nSPS) is 37.9. The average Bonchev–Trinajstić information content (AvgIpc) is 2.83. The largest absolute Gasteiger partial charge is 0.508 e. The van der Waals surface area contributed by atoms with Crippen LogP contribution in [-0.4, -0.2) is 5.11 Å². The van der Waals surface area contributed by atoms with Crippen molar-refractivity contribution >= 4 is 0 Å². The third kappa shape index (κ3) is 2.42. The Hall–Kier alpha value is -0.980. The van der Waals surface area contributed by atoms with Crippen LogP contribution in [0.4, 0.5) is 0 Å². The molecule has 1 N–H and O–H groups in total. The van der Waals surface area contributed by atoms with Gasteiger partial charge < -0.3 is 5.11 Å². The van der Waals surface area contributed by atoms with Gasteiger partial charge >= 0.3 is 0 Å². The highest BCUT2D eigenvalue weighted by molar-refractivity contribution is 5.45. The first-order valence-electron chi connectivity index (χ1n) is 10.2. The molecule has 0 saturated heterocycles. The number of phenolic OH excluding ortho intramolecular Hbond substituents is 1. The predicted molar refractivity (Wildman–Crippen MR) is 100 cm³/mol. The number of hydrogen-bond donors (Lipinski definition) is 1. The maximum Gasteiger partial charge on any atom is 0.119 e. The molecule has 1 heteroatoms. The fourth-order valence-corrected chi connectivity index (χ4v) is 6.52. The summed E-state index contributed by atoms with van der Waals surface area (Å²) in [5, 5.41) is 10.4. The van der Waals surface area contributed by atoms with Crippen molar-refractivity contribution in [3.63, 3.8) is 0 Å². The van der Waals surface area contributed by atoms with Gasteiger partial charge in [0.1, 0.15) is 5.75 Å². The number of hydrogen-bond acceptors (Lipinski definition) is 1. The number of aryl methyl sites for hydroxylation is 1. The quantitative estimate of drug-likeness (QED) is 0.698. The Labute approximate surface area is 147 Å². The van der Waals surface area contributed by atoms with E-state index in [1.165, 1.54) is 49.7 Å². The summed E-state index contributed by atoms with van der Waals surface area (Å²) < 4.78 is 0. The summed E-state index contributed by atoms with van der Waals surface area (Å²) in [6, 6.07) is 4.50. The molecule has 1 aromatic carbocycles. The van der Waals surface area contributed by atoms with Gasteiger partial charge in [-0.2, -0.15) is 0 Å². The first kappa shape index (κ1) is 16.5. The third-order valence-electron chi connectivity index (χ3n) is 8.03. The van der Waals surface area contributed by atoms with Gasteiger partial charge in [0.25, 0.3) is 0 Å². The monoisotopic (exact) mass is 326 g/mol. The second kappa shape index (κ2) is 5.78. The van der Waals surface area contributed by atoms with Crippen LogP contribution in [0, 0.1) is 29.1 Å². The molecule has 0 amide bonds. The van der Waals surface area contributed by atoms with E-state index >= 15 is 0 Å². The van der Waals surface area contributed by atoms with Crippen LogP contribution in [0.5, 0.6) is 5.75 Å². The molecule has 3 aliphatic carbocycles. The lowest BCUT2D eigenvalue weighted by Gasteiger charge is -2.50. The Bertz CT molecular complexity index is 631. The molecule has 3 aliphatic rings. The van der Waals surface area contributed by atoms with Gasteiger partial charge in [-0.15, -0.1) is 0 Å². The smallest absolute Gasteiger partial charge is 0.119 e. The molecular weight excluding hydrogens is 292 g/mol. The van der Waals surface area contributed by atoms with Crippen molar-refractivity contribution in [1.82, 2.24) is 0 Å². The van der Waals surface area contributed by atoms with Crippen LogP contribution in [-0.2, 0) is 12.8 Å². The lowest BCUT2D eigenvalue weighted by Crippen LogP contribution is -2.41. The van der Waals surface area contributed by atoms with E-state index < -0.39 is 0 Å². The molecular formula is C23H34O. The third-order valence-corrected chi connectivity index (χ3v) is 8.03. The SMILES string of the molecule is CC(C)Cc1cc2c(cc1O)CCC1C2CC[C@@]2(C)C1CC[C@@H]2C. The van der Waals surface area contributed by atoms with E-state index in [0.29, 0.717) is 17.1 Å². The van der Waals surface area contributed by atoms with Crippen molar-refractivity contribution in [3.8, 4) is 5.75 Å². The zero-order valence-corrected chi connectivity index (χ0v) is 15.9. The van der Waals surface area contributed by atoms with Crippen molar-refractivity contribution in [1.29, 1.82) is 0 Å². The van der Waals surface area contributed by atoms with Crippen LogP contribution in [0.25, 0.3) is 0 Å². The fraction of sp³-hybridized carbons (Fsp3) is 0.739. The first-order chi connectivity index (χ1) is 11.4. The Morgan fingerprint density at radius 1 is 1.17 bits per heavy atom. The minimum absolute atomic E-state index is 0.538. The van der Waals surface area contributed by atoms with Crippen LogP contribution in [0.2, 0.25) is 0 Å². The van der Waals surface area contributed by atoms with Crippen LogP contribution >= 0.6 is 0 Å². The van der Waals surface area contributed by atoms with Crippen molar-refractivity contribution < 1.29 is 5.11 Å². The predicted octanol–water partition coefficient (Wildman–Crippen LogP) is 6.08. The van der Waals surface area contributed by atoms with Crippen LogP contribution < -0.4 is 0 Å². The highest BCUT2D eigenvalue weighted by Gasteiger charge is 2.53. The van der Waals surface area contributed by atoms with Gasteiger partial charge in [0.05, 0.1) is 0 Å². The number of aromatic hydroxyl groups is 1. The van der Waals surface area contributed by atoms with Gasteiger partial charge in [-0.05, 0) is 103 Å². The molecule has 3 unspecified atom stereocenters. The molecule has 0 heterocycles. The molecule has 132 valence electrons. The van der Waals surface area contributed by atoms with E-state index in [9.17, 15) is 5.11 Å². The maximum atomic E-state index is 10.4. The summed E-state index contributed by atoms with van der Waals surface area (Å²) in [6.45, 7) is 9.57. The fourth-order valence-electron chi connectivity index (χ4n) is 6.52. The average molecular weight is 327 g/mol. The second-order valence-electron chi connectivity index (χ2n) is 9.72. The summed E-state index contributed by atoms with van der Waals surface area (Å²) in [5.74, 6) is 4.61. The molecule has 24 heavy (non-hydrogen) atoms. The molecule has 0 radical (unpaired) electrons. The minimum atomic E-state index is 0.538. The standard InChI is InChI=1S/C23H34O/c1-14(2)11-17-12-20-16(13-22(17)24)6-7-19-18(20)9-10-23(4)15(3)5-8-21(19)23/h12-15,18-19,21,24H,5-11H2,1-4H3/t15-,18?,19?,21?,23+/m0/s1. The molecule has 5 atom stereocenters. The number of rotatable bonds is 2. The van der Waals surface area contributed by atoms with Crippen molar-refractivity contribution in [2.45, 2.75) is 78.6 Å². The minimum Gasteiger partial charge on any atom is -0.508 e. The zero-order valence-electron chi connectivity index (χ0n) is 15.9. The Morgan fingerprint density at radius 3 is 2.71 bits per heavy atom. The van der Waals surface area contributed by atoms with Crippen molar-refractivity contribution in [2.24, 2.45) is 29.1 Å². The summed E-state index contributed by atoms with van der Waals surface area (Å²) in [4.78, 5) is 0. The highest BCUT2D eigenvalue weighted by atomic mass is 16.3. The zero-order chi connectivity index (χ0) is 17.1. The van der Waals surface area contributed by atoms with Crippen LogP contribution in [0.3, 0.4) is 0 Å². The van der Waals surface area contributed by atoms with Gasteiger partial charge in [0, 0.05) is 0 Å². The molecule has 0 aromatic heterocycles. The van der Waals surface area contributed by atoms with E-state index in [2.05, 4.69) is 39.8 Å². The molecule has 4 rings (SSSR count). The van der Waals surface area contributed by atoms with E-state index in [1.54, 1.807) is 5.56 Å². The van der Waals surface area contributed by atoms with Gasteiger partial charge in [-0.3, -0.25) is 0 Å². The van der Waals surface area contributed by atoms with Crippen molar-refractivity contribution in [2.75, 3.05) is 0 Å². The highest BCUT2D eigenvalue weighted by Crippen LogP contribution is 2.62. The Morgan fingerprint density at radius 2 is 1.96 bits per heavy atom. The van der Waals surface area contributed by atoms with Gasteiger partial charge in [-0.25, -0.2) is 0 Å². The lowest BCUT2D eigenvalue weighted by molar-refractivity contribution is 0.0336. The molecule has 0 aliphatic heterocycles. The summed E-state index contributed by atoms with van der Waals surface area (Å²) in [5.41, 5.74) is 4.81.